The van der Waals surface area contributed by atoms with E-state index in [0.29, 0.717) is 34.6 Å². The van der Waals surface area contributed by atoms with E-state index in [2.05, 4.69) is 0 Å². The molecule has 0 aromatic heterocycles. The standard InChI is InChI=1S/C18H19Cl3O4S/c19-10-12(23)11-25-18-5-3-14(9-16(18)21)26-13-2-4-17(15(20)8-13)24-7-1-6-22/h2-5,8-9,12,22-23H,1,6-7,10-11H2. The highest BCUT2D eigenvalue weighted by molar-refractivity contribution is 7.99. The van der Waals surface area contributed by atoms with Crippen LogP contribution in [0.5, 0.6) is 11.5 Å². The van der Waals surface area contributed by atoms with Crippen molar-refractivity contribution in [2.45, 2.75) is 22.3 Å². The lowest BCUT2D eigenvalue weighted by Crippen LogP contribution is -2.18. The summed E-state index contributed by atoms with van der Waals surface area (Å²) >= 11 is 19.5. The van der Waals surface area contributed by atoms with Crippen LogP contribution >= 0.6 is 46.6 Å². The summed E-state index contributed by atoms with van der Waals surface area (Å²) in [5.74, 6) is 1.18. The zero-order chi connectivity index (χ0) is 18.9. The van der Waals surface area contributed by atoms with Gasteiger partial charge in [0.25, 0.3) is 0 Å². The summed E-state index contributed by atoms with van der Waals surface area (Å²) in [6, 6.07) is 10.9. The van der Waals surface area contributed by atoms with Crippen molar-refractivity contribution >= 4 is 46.6 Å². The van der Waals surface area contributed by atoms with Crippen molar-refractivity contribution < 1.29 is 19.7 Å². The summed E-state index contributed by atoms with van der Waals surface area (Å²) in [5, 5.41) is 19.2. The molecule has 2 aromatic rings. The van der Waals surface area contributed by atoms with Gasteiger partial charge in [0.2, 0.25) is 0 Å². The van der Waals surface area contributed by atoms with E-state index in [9.17, 15) is 5.11 Å². The minimum atomic E-state index is -0.734. The summed E-state index contributed by atoms with van der Waals surface area (Å²) in [6.45, 7) is 0.581. The van der Waals surface area contributed by atoms with Crippen LogP contribution in [0.15, 0.2) is 46.2 Å². The van der Waals surface area contributed by atoms with Crippen LogP contribution in [0, 0.1) is 0 Å². The van der Waals surface area contributed by atoms with Crippen molar-refractivity contribution in [3.63, 3.8) is 0 Å². The van der Waals surface area contributed by atoms with E-state index >= 15 is 0 Å². The lowest BCUT2D eigenvalue weighted by Gasteiger charge is -2.12. The number of aliphatic hydroxyl groups excluding tert-OH is 2. The molecule has 0 aliphatic heterocycles. The van der Waals surface area contributed by atoms with E-state index in [1.165, 1.54) is 11.8 Å². The fraction of sp³-hybridized carbons (Fsp3) is 0.333. The van der Waals surface area contributed by atoms with E-state index in [4.69, 9.17) is 49.4 Å². The van der Waals surface area contributed by atoms with Gasteiger partial charge in [-0.3, -0.25) is 0 Å². The highest BCUT2D eigenvalue weighted by Gasteiger charge is 2.09. The lowest BCUT2D eigenvalue weighted by molar-refractivity contribution is 0.125. The first-order valence-electron chi connectivity index (χ1n) is 7.91. The predicted molar refractivity (Wildman–Crippen MR) is 106 cm³/mol. The Morgan fingerprint density at radius 2 is 1.54 bits per heavy atom. The Labute approximate surface area is 172 Å². The Balaban J connectivity index is 1.99. The van der Waals surface area contributed by atoms with Gasteiger partial charge >= 0.3 is 0 Å². The third-order valence-electron chi connectivity index (χ3n) is 3.21. The Hall–Kier alpha value is -0.820. The van der Waals surface area contributed by atoms with Crippen molar-refractivity contribution in [3.8, 4) is 11.5 Å². The SMILES string of the molecule is OCCCOc1ccc(Sc2ccc(OCC(O)CCl)c(Cl)c2)cc1Cl. The molecule has 0 spiro atoms. The lowest BCUT2D eigenvalue weighted by atomic mass is 10.3. The fourth-order valence-electron chi connectivity index (χ4n) is 1.94. The Morgan fingerprint density at radius 3 is 2.04 bits per heavy atom. The molecule has 2 N–H and O–H groups in total. The second-order valence-corrected chi connectivity index (χ2v) is 7.60. The van der Waals surface area contributed by atoms with Crippen molar-refractivity contribution in [1.29, 1.82) is 0 Å². The number of ether oxygens (including phenoxy) is 2. The minimum Gasteiger partial charge on any atom is -0.492 e. The van der Waals surface area contributed by atoms with E-state index in [0.717, 1.165) is 9.79 Å². The molecule has 1 atom stereocenters. The number of halogens is 3. The van der Waals surface area contributed by atoms with Crippen LogP contribution < -0.4 is 9.47 Å². The van der Waals surface area contributed by atoms with Gasteiger partial charge in [0, 0.05) is 22.8 Å². The highest BCUT2D eigenvalue weighted by atomic mass is 35.5. The van der Waals surface area contributed by atoms with Crippen LogP contribution in [0.2, 0.25) is 10.0 Å². The maximum atomic E-state index is 9.44. The van der Waals surface area contributed by atoms with Crippen molar-refractivity contribution in [2.24, 2.45) is 0 Å². The van der Waals surface area contributed by atoms with E-state index < -0.39 is 6.10 Å². The van der Waals surface area contributed by atoms with Gasteiger partial charge < -0.3 is 19.7 Å². The molecular formula is C18H19Cl3O4S. The smallest absolute Gasteiger partial charge is 0.138 e. The van der Waals surface area contributed by atoms with Gasteiger partial charge in [0.1, 0.15) is 24.2 Å². The van der Waals surface area contributed by atoms with Gasteiger partial charge in [-0.05, 0) is 36.4 Å². The van der Waals surface area contributed by atoms with Crippen molar-refractivity contribution in [1.82, 2.24) is 0 Å². The van der Waals surface area contributed by atoms with E-state index in [-0.39, 0.29) is 19.1 Å². The normalized spacial score (nSPS) is 12.0. The Morgan fingerprint density at radius 1 is 0.962 bits per heavy atom. The quantitative estimate of drug-likeness (QED) is 0.409. The molecule has 0 fully saturated rings. The second kappa shape index (κ2) is 11.1. The zero-order valence-electron chi connectivity index (χ0n) is 13.8. The first-order chi connectivity index (χ1) is 12.5. The molecular weight excluding hydrogens is 419 g/mol. The molecule has 0 saturated heterocycles. The van der Waals surface area contributed by atoms with Gasteiger partial charge in [0.15, 0.2) is 0 Å². The molecule has 0 heterocycles. The molecule has 2 aromatic carbocycles. The third kappa shape index (κ3) is 6.72. The van der Waals surface area contributed by atoms with Crippen molar-refractivity contribution in [2.75, 3.05) is 25.7 Å². The van der Waals surface area contributed by atoms with Crippen LogP contribution in [-0.4, -0.2) is 42.0 Å². The molecule has 0 radical (unpaired) electrons. The molecule has 26 heavy (non-hydrogen) atoms. The van der Waals surface area contributed by atoms with Crippen LogP contribution in [0.4, 0.5) is 0 Å². The average molecular weight is 438 g/mol. The Bertz CT molecular complexity index is 715. The molecule has 0 aliphatic carbocycles. The largest absolute Gasteiger partial charge is 0.492 e. The minimum absolute atomic E-state index is 0.0802. The average Bonchev–Trinajstić information content (AvgIpc) is 2.62. The summed E-state index contributed by atoms with van der Waals surface area (Å²) in [4.78, 5) is 1.86. The highest BCUT2D eigenvalue weighted by Crippen LogP contribution is 2.36. The number of hydrogen-bond donors (Lipinski definition) is 2. The molecule has 1 unspecified atom stereocenters. The summed E-state index contributed by atoms with van der Waals surface area (Å²) in [7, 11) is 0. The third-order valence-corrected chi connectivity index (χ3v) is 5.14. The molecule has 0 bridgehead atoms. The van der Waals surface area contributed by atoms with Crippen LogP contribution in [0.1, 0.15) is 6.42 Å². The molecule has 4 nitrogen and oxygen atoms in total. The van der Waals surface area contributed by atoms with Gasteiger partial charge in [-0.25, -0.2) is 0 Å². The van der Waals surface area contributed by atoms with Gasteiger partial charge in [-0.2, -0.15) is 0 Å². The maximum absolute atomic E-state index is 9.44. The Kier molecular flexibility index (Phi) is 9.19. The molecule has 8 heteroatoms. The number of benzene rings is 2. The molecule has 0 amide bonds. The number of rotatable bonds is 10. The maximum Gasteiger partial charge on any atom is 0.138 e. The van der Waals surface area contributed by atoms with Crippen LogP contribution in [-0.2, 0) is 0 Å². The molecule has 0 aliphatic rings. The summed E-state index contributed by atoms with van der Waals surface area (Å²) in [5.41, 5.74) is 0. The van der Waals surface area contributed by atoms with Gasteiger partial charge in [-0.1, -0.05) is 35.0 Å². The fourth-order valence-corrected chi connectivity index (χ4v) is 3.52. The van der Waals surface area contributed by atoms with E-state index in [1.54, 1.807) is 18.2 Å². The number of aliphatic hydroxyl groups is 2. The topological polar surface area (TPSA) is 58.9 Å². The molecule has 0 saturated carbocycles. The first-order valence-corrected chi connectivity index (χ1v) is 10.0. The van der Waals surface area contributed by atoms with Gasteiger partial charge in [-0.15, -0.1) is 11.6 Å². The summed E-state index contributed by atoms with van der Waals surface area (Å²) < 4.78 is 10.9. The monoisotopic (exact) mass is 436 g/mol. The van der Waals surface area contributed by atoms with Crippen molar-refractivity contribution in [3.05, 3.63) is 46.4 Å². The zero-order valence-corrected chi connectivity index (χ0v) is 16.9. The first kappa shape index (κ1) is 21.5. The van der Waals surface area contributed by atoms with Gasteiger partial charge in [0.05, 0.1) is 22.5 Å². The predicted octanol–water partition coefficient (Wildman–Crippen LogP) is 4.88. The van der Waals surface area contributed by atoms with E-state index in [1.807, 2.05) is 18.2 Å². The second-order valence-electron chi connectivity index (χ2n) is 5.33. The van der Waals surface area contributed by atoms with Crippen LogP contribution in [0.25, 0.3) is 0 Å². The number of hydrogen-bond acceptors (Lipinski definition) is 5. The summed E-state index contributed by atoms with van der Waals surface area (Å²) in [6.07, 6.45) is -0.177. The van der Waals surface area contributed by atoms with Crippen LogP contribution in [0.3, 0.4) is 0 Å². The molecule has 2 rings (SSSR count). The molecule has 142 valence electrons. The number of alkyl halides is 1.